The Kier molecular flexibility index (Phi) is 6.21. The van der Waals surface area contributed by atoms with Gasteiger partial charge in [-0.2, -0.15) is 0 Å². The predicted molar refractivity (Wildman–Crippen MR) is 108 cm³/mol. The Morgan fingerprint density at radius 3 is 2.75 bits per heavy atom. The maximum absolute atomic E-state index is 12.6. The van der Waals surface area contributed by atoms with Crippen LogP contribution in [0.5, 0.6) is 11.5 Å². The van der Waals surface area contributed by atoms with Gasteiger partial charge >= 0.3 is 0 Å². The number of aryl methyl sites for hydroxylation is 2. The van der Waals surface area contributed by atoms with E-state index >= 15 is 0 Å². The number of rotatable bonds is 7. The Balaban J connectivity index is 1.76. The Bertz CT molecular complexity index is 971. The highest BCUT2D eigenvalue weighted by molar-refractivity contribution is 6.31. The first kappa shape index (κ1) is 19.8. The molecule has 7 heteroatoms. The van der Waals surface area contributed by atoms with Gasteiger partial charge in [-0.25, -0.2) is 4.98 Å². The molecule has 3 aromatic rings. The van der Waals surface area contributed by atoms with Crippen LogP contribution in [0.25, 0.3) is 0 Å². The summed E-state index contributed by atoms with van der Waals surface area (Å²) < 4.78 is 12.8. The number of nitrogens with zero attached hydrogens (tertiary/aromatic N) is 2. The lowest BCUT2D eigenvalue weighted by atomic mass is 10.1. The van der Waals surface area contributed by atoms with E-state index in [2.05, 4.69) is 10.3 Å². The van der Waals surface area contributed by atoms with Crippen LogP contribution < -0.4 is 14.8 Å². The SMILES string of the molecule is COc1cccc([C@@H](NC(=O)COc2ccc(Cl)c(C)c2)c2nccn2C)c1. The molecular weight excluding hydrogens is 378 g/mol. The minimum atomic E-state index is -0.432. The number of carbonyl (C=O) groups excluding carboxylic acids is 1. The van der Waals surface area contributed by atoms with Crippen LogP contribution in [0.3, 0.4) is 0 Å². The summed E-state index contributed by atoms with van der Waals surface area (Å²) >= 11 is 6.02. The average molecular weight is 400 g/mol. The Labute approximate surface area is 169 Å². The third kappa shape index (κ3) is 4.64. The molecule has 0 aliphatic rings. The van der Waals surface area contributed by atoms with Crippen LogP contribution in [0.15, 0.2) is 54.9 Å². The zero-order valence-electron chi connectivity index (χ0n) is 16.0. The maximum atomic E-state index is 12.6. The Hall–Kier alpha value is -2.99. The third-order valence-corrected chi connectivity index (χ3v) is 4.77. The molecule has 0 bridgehead atoms. The van der Waals surface area contributed by atoms with E-state index in [1.54, 1.807) is 31.5 Å². The van der Waals surface area contributed by atoms with Crippen LogP contribution in [-0.2, 0) is 11.8 Å². The van der Waals surface area contributed by atoms with E-state index < -0.39 is 6.04 Å². The molecule has 1 aromatic heterocycles. The Morgan fingerprint density at radius 2 is 2.07 bits per heavy atom. The van der Waals surface area contributed by atoms with Crippen molar-refractivity contribution in [2.45, 2.75) is 13.0 Å². The van der Waals surface area contributed by atoms with Crippen LogP contribution >= 0.6 is 11.6 Å². The third-order valence-electron chi connectivity index (χ3n) is 4.35. The highest BCUT2D eigenvalue weighted by Crippen LogP contribution is 2.24. The number of methoxy groups -OCH3 is 1. The molecule has 0 saturated heterocycles. The number of imidazole rings is 1. The fourth-order valence-corrected chi connectivity index (χ4v) is 2.95. The van der Waals surface area contributed by atoms with Crippen molar-refractivity contribution in [2.24, 2.45) is 7.05 Å². The quantitative estimate of drug-likeness (QED) is 0.658. The number of halogens is 1. The van der Waals surface area contributed by atoms with Crippen molar-refractivity contribution in [3.63, 3.8) is 0 Å². The fraction of sp³-hybridized carbons (Fsp3) is 0.238. The summed E-state index contributed by atoms with van der Waals surface area (Å²) in [5.74, 6) is 1.75. The number of nitrogens with one attached hydrogen (secondary N) is 1. The molecule has 0 fully saturated rings. The second-order valence-electron chi connectivity index (χ2n) is 6.37. The van der Waals surface area contributed by atoms with E-state index in [1.807, 2.05) is 49.0 Å². The molecule has 0 saturated carbocycles. The molecule has 6 nitrogen and oxygen atoms in total. The highest BCUT2D eigenvalue weighted by atomic mass is 35.5. The summed E-state index contributed by atoms with van der Waals surface area (Å²) in [5, 5.41) is 3.65. The molecule has 1 amide bonds. The molecule has 0 unspecified atom stereocenters. The molecule has 3 rings (SSSR count). The minimum Gasteiger partial charge on any atom is -0.497 e. The van der Waals surface area contributed by atoms with E-state index in [-0.39, 0.29) is 12.5 Å². The van der Waals surface area contributed by atoms with Gasteiger partial charge in [0.1, 0.15) is 23.4 Å². The summed E-state index contributed by atoms with van der Waals surface area (Å²) in [4.78, 5) is 17.0. The van der Waals surface area contributed by atoms with Gasteiger partial charge in [-0.05, 0) is 48.4 Å². The van der Waals surface area contributed by atoms with Crippen molar-refractivity contribution in [3.8, 4) is 11.5 Å². The number of amides is 1. The molecule has 0 spiro atoms. The highest BCUT2D eigenvalue weighted by Gasteiger charge is 2.21. The van der Waals surface area contributed by atoms with E-state index in [0.29, 0.717) is 22.3 Å². The molecule has 146 valence electrons. The summed E-state index contributed by atoms with van der Waals surface area (Å²) in [6.45, 7) is 1.77. The molecule has 2 aromatic carbocycles. The average Bonchev–Trinajstić information content (AvgIpc) is 3.12. The molecule has 1 heterocycles. The number of aromatic nitrogens is 2. The molecule has 0 aliphatic carbocycles. The predicted octanol–water partition coefficient (Wildman–Crippen LogP) is 3.68. The van der Waals surface area contributed by atoms with Crippen LogP contribution in [-0.4, -0.2) is 29.2 Å². The van der Waals surface area contributed by atoms with Gasteiger partial charge in [-0.1, -0.05) is 23.7 Å². The van der Waals surface area contributed by atoms with Crippen molar-refractivity contribution in [2.75, 3.05) is 13.7 Å². The van der Waals surface area contributed by atoms with Crippen molar-refractivity contribution < 1.29 is 14.3 Å². The van der Waals surface area contributed by atoms with Crippen molar-refractivity contribution in [1.82, 2.24) is 14.9 Å². The molecule has 1 N–H and O–H groups in total. The molecule has 1 atom stereocenters. The standard InChI is InChI=1S/C21H22ClN3O3/c1-14-11-17(7-8-18(14)22)28-13-19(26)24-20(21-23-9-10-25(21)2)15-5-4-6-16(12-15)27-3/h4-12,20H,13H2,1-3H3,(H,24,26)/t20-/m1/s1. The van der Waals surface area contributed by atoms with Gasteiger partial charge in [0.05, 0.1) is 7.11 Å². The lowest BCUT2D eigenvalue weighted by molar-refractivity contribution is -0.123. The second-order valence-corrected chi connectivity index (χ2v) is 6.78. The molecular formula is C21H22ClN3O3. The van der Waals surface area contributed by atoms with Crippen molar-refractivity contribution in [1.29, 1.82) is 0 Å². The van der Waals surface area contributed by atoms with Gasteiger partial charge in [0.25, 0.3) is 5.91 Å². The summed E-state index contributed by atoms with van der Waals surface area (Å²) in [5.41, 5.74) is 1.76. The number of benzene rings is 2. The van der Waals surface area contributed by atoms with Gasteiger partial charge in [0, 0.05) is 24.5 Å². The summed E-state index contributed by atoms with van der Waals surface area (Å²) in [7, 11) is 3.49. The zero-order chi connectivity index (χ0) is 20.1. The first-order valence-electron chi connectivity index (χ1n) is 8.77. The minimum absolute atomic E-state index is 0.119. The monoisotopic (exact) mass is 399 g/mol. The van der Waals surface area contributed by atoms with Gasteiger partial charge in [-0.15, -0.1) is 0 Å². The van der Waals surface area contributed by atoms with Gasteiger partial charge in [0.15, 0.2) is 6.61 Å². The topological polar surface area (TPSA) is 65.4 Å². The van der Waals surface area contributed by atoms with Crippen LogP contribution in [0.4, 0.5) is 0 Å². The normalized spacial score (nSPS) is 11.7. The first-order chi connectivity index (χ1) is 13.5. The van der Waals surface area contributed by atoms with E-state index in [4.69, 9.17) is 21.1 Å². The zero-order valence-corrected chi connectivity index (χ0v) is 16.7. The summed E-state index contributed by atoms with van der Waals surface area (Å²) in [6.07, 6.45) is 3.53. The fourth-order valence-electron chi connectivity index (χ4n) is 2.83. The summed E-state index contributed by atoms with van der Waals surface area (Å²) in [6, 6.07) is 12.4. The lowest BCUT2D eigenvalue weighted by Gasteiger charge is -2.20. The number of ether oxygens (including phenoxy) is 2. The smallest absolute Gasteiger partial charge is 0.258 e. The van der Waals surface area contributed by atoms with Crippen LogP contribution in [0, 0.1) is 6.92 Å². The van der Waals surface area contributed by atoms with Crippen molar-refractivity contribution >= 4 is 17.5 Å². The van der Waals surface area contributed by atoms with Crippen LogP contribution in [0.1, 0.15) is 23.0 Å². The number of hydrogen-bond acceptors (Lipinski definition) is 4. The largest absolute Gasteiger partial charge is 0.497 e. The van der Waals surface area contributed by atoms with E-state index in [9.17, 15) is 4.79 Å². The maximum Gasteiger partial charge on any atom is 0.258 e. The number of carbonyl (C=O) groups is 1. The van der Waals surface area contributed by atoms with Crippen molar-refractivity contribution in [3.05, 3.63) is 76.8 Å². The van der Waals surface area contributed by atoms with E-state index in [0.717, 1.165) is 11.1 Å². The lowest BCUT2D eigenvalue weighted by Crippen LogP contribution is -2.34. The molecule has 0 radical (unpaired) electrons. The molecule has 28 heavy (non-hydrogen) atoms. The van der Waals surface area contributed by atoms with E-state index in [1.165, 1.54) is 0 Å². The van der Waals surface area contributed by atoms with Gasteiger partial charge < -0.3 is 19.4 Å². The first-order valence-corrected chi connectivity index (χ1v) is 9.15. The molecule has 0 aliphatic heterocycles. The van der Waals surface area contributed by atoms with Gasteiger partial charge in [-0.3, -0.25) is 4.79 Å². The van der Waals surface area contributed by atoms with Crippen LogP contribution in [0.2, 0.25) is 5.02 Å². The number of hydrogen-bond donors (Lipinski definition) is 1. The van der Waals surface area contributed by atoms with Gasteiger partial charge in [0.2, 0.25) is 0 Å². The second kappa shape index (κ2) is 8.80. The Morgan fingerprint density at radius 1 is 1.25 bits per heavy atom.